The van der Waals surface area contributed by atoms with Gasteiger partial charge in [-0.25, -0.2) is 0 Å². The molecular formula is C17H20BrNO. The molecule has 106 valence electrons. The van der Waals surface area contributed by atoms with Gasteiger partial charge < -0.3 is 10.5 Å². The molecule has 1 atom stereocenters. The summed E-state index contributed by atoms with van der Waals surface area (Å²) in [4.78, 5) is 0. The molecule has 2 aromatic rings. The van der Waals surface area contributed by atoms with Gasteiger partial charge in [-0.1, -0.05) is 45.8 Å². The van der Waals surface area contributed by atoms with Crippen LogP contribution in [-0.4, -0.2) is 7.11 Å². The molecule has 0 aliphatic rings. The van der Waals surface area contributed by atoms with E-state index in [1.165, 1.54) is 5.56 Å². The predicted molar refractivity (Wildman–Crippen MR) is 87.1 cm³/mol. The lowest BCUT2D eigenvalue weighted by Crippen LogP contribution is -2.35. The first kappa shape index (κ1) is 15.1. The predicted octanol–water partition coefficient (Wildman–Crippen LogP) is 4.18. The molecule has 0 aliphatic carbocycles. The molecule has 2 aromatic carbocycles. The highest BCUT2D eigenvalue weighted by atomic mass is 79.9. The fourth-order valence-corrected chi connectivity index (χ4v) is 2.63. The van der Waals surface area contributed by atoms with E-state index >= 15 is 0 Å². The first-order valence-electron chi connectivity index (χ1n) is 6.61. The summed E-state index contributed by atoms with van der Waals surface area (Å²) in [7, 11) is 1.68. The largest absolute Gasteiger partial charge is 0.497 e. The van der Waals surface area contributed by atoms with E-state index in [0.717, 1.165) is 27.8 Å². The summed E-state index contributed by atoms with van der Waals surface area (Å²) in [6, 6.07) is 14.4. The SMILES string of the molecule is COc1ccc(Br)c(CC(C)(N)c2ccc(C)cc2)c1. The maximum atomic E-state index is 6.52. The van der Waals surface area contributed by atoms with E-state index in [0.29, 0.717) is 0 Å². The number of methoxy groups -OCH3 is 1. The summed E-state index contributed by atoms with van der Waals surface area (Å²) >= 11 is 3.59. The fraction of sp³-hybridized carbons (Fsp3) is 0.294. The van der Waals surface area contributed by atoms with Gasteiger partial charge in [0.15, 0.2) is 0 Å². The minimum Gasteiger partial charge on any atom is -0.497 e. The zero-order valence-corrected chi connectivity index (χ0v) is 13.7. The van der Waals surface area contributed by atoms with Crippen LogP contribution in [0.15, 0.2) is 46.9 Å². The first-order valence-corrected chi connectivity index (χ1v) is 7.40. The number of aryl methyl sites for hydroxylation is 1. The Hall–Kier alpha value is -1.32. The van der Waals surface area contributed by atoms with Crippen LogP contribution in [0.1, 0.15) is 23.6 Å². The molecule has 0 aliphatic heterocycles. The van der Waals surface area contributed by atoms with Gasteiger partial charge in [0.1, 0.15) is 5.75 Å². The zero-order valence-electron chi connectivity index (χ0n) is 12.1. The first-order chi connectivity index (χ1) is 9.42. The van der Waals surface area contributed by atoms with Crippen molar-refractivity contribution in [1.82, 2.24) is 0 Å². The highest BCUT2D eigenvalue weighted by molar-refractivity contribution is 9.10. The Kier molecular flexibility index (Phi) is 4.51. The van der Waals surface area contributed by atoms with Gasteiger partial charge >= 0.3 is 0 Å². The molecule has 2 rings (SSSR count). The van der Waals surface area contributed by atoms with Crippen LogP contribution >= 0.6 is 15.9 Å². The summed E-state index contributed by atoms with van der Waals surface area (Å²) in [5.74, 6) is 0.850. The summed E-state index contributed by atoms with van der Waals surface area (Å²) in [5, 5.41) is 0. The van der Waals surface area contributed by atoms with Gasteiger partial charge in [0.2, 0.25) is 0 Å². The molecule has 0 saturated carbocycles. The topological polar surface area (TPSA) is 35.2 Å². The normalized spacial score (nSPS) is 13.8. The maximum absolute atomic E-state index is 6.52. The number of rotatable bonds is 4. The van der Waals surface area contributed by atoms with E-state index in [9.17, 15) is 0 Å². The Morgan fingerprint density at radius 3 is 2.40 bits per heavy atom. The van der Waals surface area contributed by atoms with Gasteiger partial charge in [-0.2, -0.15) is 0 Å². The lowest BCUT2D eigenvalue weighted by atomic mass is 9.86. The highest BCUT2D eigenvalue weighted by Gasteiger charge is 2.23. The van der Waals surface area contributed by atoms with E-state index in [1.807, 2.05) is 18.2 Å². The van der Waals surface area contributed by atoms with Crippen molar-refractivity contribution in [1.29, 1.82) is 0 Å². The minimum atomic E-state index is -0.414. The molecule has 20 heavy (non-hydrogen) atoms. The molecule has 0 heterocycles. The van der Waals surface area contributed by atoms with Crippen molar-refractivity contribution in [2.45, 2.75) is 25.8 Å². The Morgan fingerprint density at radius 1 is 1.15 bits per heavy atom. The summed E-state index contributed by atoms with van der Waals surface area (Å²) in [6.07, 6.45) is 0.744. The molecule has 2 N–H and O–H groups in total. The Labute approximate surface area is 129 Å². The third kappa shape index (κ3) is 3.41. The molecular weight excluding hydrogens is 314 g/mol. The molecule has 0 fully saturated rings. The third-order valence-corrected chi connectivity index (χ3v) is 4.30. The molecule has 0 radical (unpaired) electrons. The molecule has 0 aromatic heterocycles. The Balaban J connectivity index is 2.29. The van der Waals surface area contributed by atoms with Crippen LogP contribution in [0.3, 0.4) is 0 Å². The fourth-order valence-electron chi connectivity index (χ4n) is 2.25. The number of benzene rings is 2. The zero-order chi connectivity index (χ0) is 14.8. The molecule has 0 saturated heterocycles. The van der Waals surface area contributed by atoms with Crippen molar-refractivity contribution >= 4 is 15.9 Å². The van der Waals surface area contributed by atoms with Crippen molar-refractivity contribution < 1.29 is 4.74 Å². The number of nitrogens with two attached hydrogens (primary N) is 1. The van der Waals surface area contributed by atoms with Crippen molar-refractivity contribution in [2.75, 3.05) is 7.11 Å². The second kappa shape index (κ2) is 5.98. The quantitative estimate of drug-likeness (QED) is 0.910. The molecule has 0 amide bonds. The number of halogens is 1. The van der Waals surface area contributed by atoms with Gasteiger partial charge in [0.05, 0.1) is 7.11 Å². The third-order valence-electron chi connectivity index (χ3n) is 3.52. The molecule has 0 spiro atoms. The number of ether oxygens (including phenoxy) is 1. The smallest absolute Gasteiger partial charge is 0.119 e. The van der Waals surface area contributed by atoms with Crippen LogP contribution < -0.4 is 10.5 Å². The second-order valence-corrected chi connectivity index (χ2v) is 6.27. The lowest BCUT2D eigenvalue weighted by molar-refractivity contribution is 0.413. The van der Waals surface area contributed by atoms with Crippen LogP contribution in [0.25, 0.3) is 0 Å². The average Bonchev–Trinajstić information content (AvgIpc) is 2.41. The highest BCUT2D eigenvalue weighted by Crippen LogP contribution is 2.29. The average molecular weight is 334 g/mol. The Bertz CT molecular complexity index is 590. The van der Waals surface area contributed by atoms with Crippen LogP contribution in [-0.2, 0) is 12.0 Å². The van der Waals surface area contributed by atoms with Crippen molar-refractivity contribution in [3.8, 4) is 5.75 Å². The second-order valence-electron chi connectivity index (χ2n) is 5.42. The summed E-state index contributed by atoms with van der Waals surface area (Å²) in [5.41, 5.74) is 9.63. The van der Waals surface area contributed by atoms with Gasteiger partial charge in [-0.15, -0.1) is 0 Å². The van der Waals surface area contributed by atoms with Gasteiger partial charge in [-0.05, 0) is 49.6 Å². The molecule has 3 heteroatoms. The van der Waals surface area contributed by atoms with Crippen LogP contribution in [0.4, 0.5) is 0 Å². The lowest BCUT2D eigenvalue weighted by Gasteiger charge is -2.26. The molecule has 1 unspecified atom stereocenters. The van der Waals surface area contributed by atoms with E-state index in [-0.39, 0.29) is 0 Å². The summed E-state index contributed by atoms with van der Waals surface area (Å²) < 4.78 is 6.34. The van der Waals surface area contributed by atoms with Crippen LogP contribution in [0.5, 0.6) is 5.75 Å². The molecule has 2 nitrogen and oxygen atoms in total. The van der Waals surface area contributed by atoms with Crippen molar-refractivity contribution in [3.63, 3.8) is 0 Å². The summed E-state index contributed by atoms with van der Waals surface area (Å²) in [6.45, 7) is 4.14. The standard InChI is InChI=1S/C17H20BrNO/c1-12-4-6-14(7-5-12)17(2,19)11-13-10-15(20-3)8-9-16(13)18/h4-10H,11,19H2,1-3H3. The van der Waals surface area contributed by atoms with Crippen LogP contribution in [0.2, 0.25) is 0 Å². The van der Waals surface area contributed by atoms with E-state index < -0.39 is 5.54 Å². The van der Waals surface area contributed by atoms with E-state index in [2.05, 4.69) is 54.0 Å². The van der Waals surface area contributed by atoms with Gasteiger partial charge in [0, 0.05) is 10.0 Å². The van der Waals surface area contributed by atoms with Crippen molar-refractivity contribution in [2.24, 2.45) is 5.73 Å². The van der Waals surface area contributed by atoms with E-state index in [1.54, 1.807) is 7.11 Å². The Morgan fingerprint density at radius 2 is 1.80 bits per heavy atom. The van der Waals surface area contributed by atoms with Crippen LogP contribution in [0, 0.1) is 6.92 Å². The maximum Gasteiger partial charge on any atom is 0.119 e. The molecule has 0 bridgehead atoms. The number of hydrogen-bond acceptors (Lipinski definition) is 2. The monoisotopic (exact) mass is 333 g/mol. The van der Waals surface area contributed by atoms with Gasteiger partial charge in [-0.3, -0.25) is 0 Å². The van der Waals surface area contributed by atoms with Crippen molar-refractivity contribution in [3.05, 3.63) is 63.6 Å². The van der Waals surface area contributed by atoms with E-state index in [4.69, 9.17) is 10.5 Å². The number of hydrogen-bond donors (Lipinski definition) is 1. The minimum absolute atomic E-state index is 0.414. The van der Waals surface area contributed by atoms with Gasteiger partial charge in [0.25, 0.3) is 0 Å².